The Hall–Kier alpha value is -2.07. The second-order valence-electron chi connectivity index (χ2n) is 5.73. The monoisotopic (exact) mass is 344 g/mol. The predicted octanol–water partition coefficient (Wildman–Crippen LogP) is 3.90. The van der Waals surface area contributed by atoms with E-state index in [-0.39, 0.29) is 6.04 Å². The average Bonchev–Trinajstić information content (AvgIpc) is 2.56. The molecular formula is C19H25ClN4. The summed E-state index contributed by atoms with van der Waals surface area (Å²) in [4.78, 5) is 8.81. The molecule has 0 aliphatic heterocycles. The van der Waals surface area contributed by atoms with Gasteiger partial charge in [0.1, 0.15) is 0 Å². The van der Waals surface area contributed by atoms with Gasteiger partial charge in [0.15, 0.2) is 5.96 Å². The van der Waals surface area contributed by atoms with Crippen LogP contribution in [-0.2, 0) is 6.42 Å². The number of aromatic nitrogens is 1. The van der Waals surface area contributed by atoms with Gasteiger partial charge in [0.25, 0.3) is 0 Å². The van der Waals surface area contributed by atoms with Gasteiger partial charge in [0.05, 0.1) is 6.04 Å². The molecule has 0 spiro atoms. The average molecular weight is 345 g/mol. The summed E-state index contributed by atoms with van der Waals surface area (Å²) in [5.74, 6) is 0.816. The van der Waals surface area contributed by atoms with Crippen LogP contribution in [0, 0.1) is 6.92 Å². The summed E-state index contributed by atoms with van der Waals surface area (Å²) in [7, 11) is 0. The van der Waals surface area contributed by atoms with E-state index in [9.17, 15) is 0 Å². The molecular weight excluding hydrogens is 320 g/mol. The fourth-order valence-electron chi connectivity index (χ4n) is 2.46. The summed E-state index contributed by atoms with van der Waals surface area (Å²) in [5, 5.41) is 7.47. The molecule has 1 unspecified atom stereocenters. The first-order valence-corrected chi connectivity index (χ1v) is 8.67. The van der Waals surface area contributed by atoms with E-state index in [1.165, 1.54) is 11.1 Å². The SMILES string of the molecule is CCNC(=NCCc1ccncc1C)NC(C)c1cccc(Cl)c1. The number of hydrogen-bond donors (Lipinski definition) is 2. The molecule has 2 N–H and O–H groups in total. The summed E-state index contributed by atoms with van der Waals surface area (Å²) in [5.41, 5.74) is 3.63. The van der Waals surface area contributed by atoms with Crippen molar-refractivity contribution in [2.45, 2.75) is 33.2 Å². The number of rotatable bonds is 6. The van der Waals surface area contributed by atoms with E-state index in [1.807, 2.05) is 30.6 Å². The third-order valence-electron chi connectivity index (χ3n) is 3.83. The zero-order valence-corrected chi connectivity index (χ0v) is 15.3. The minimum absolute atomic E-state index is 0.129. The van der Waals surface area contributed by atoms with Crippen molar-refractivity contribution in [2.75, 3.05) is 13.1 Å². The number of guanidine groups is 1. The highest BCUT2D eigenvalue weighted by atomic mass is 35.5. The van der Waals surface area contributed by atoms with Gasteiger partial charge in [-0.3, -0.25) is 9.98 Å². The Labute approximate surface area is 149 Å². The highest BCUT2D eigenvalue weighted by Gasteiger charge is 2.08. The first-order valence-electron chi connectivity index (χ1n) is 8.30. The highest BCUT2D eigenvalue weighted by molar-refractivity contribution is 6.30. The lowest BCUT2D eigenvalue weighted by Crippen LogP contribution is -2.38. The van der Waals surface area contributed by atoms with Crippen molar-refractivity contribution < 1.29 is 0 Å². The smallest absolute Gasteiger partial charge is 0.191 e. The van der Waals surface area contributed by atoms with Crippen LogP contribution in [0.1, 0.15) is 36.6 Å². The van der Waals surface area contributed by atoms with Crippen LogP contribution in [0.5, 0.6) is 0 Å². The predicted molar refractivity (Wildman–Crippen MR) is 102 cm³/mol. The molecule has 4 nitrogen and oxygen atoms in total. The maximum Gasteiger partial charge on any atom is 0.191 e. The number of nitrogens with one attached hydrogen (secondary N) is 2. The van der Waals surface area contributed by atoms with Crippen LogP contribution >= 0.6 is 11.6 Å². The summed E-state index contributed by atoms with van der Waals surface area (Å²) >= 11 is 6.07. The van der Waals surface area contributed by atoms with Crippen LogP contribution in [0.2, 0.25) is 5.02 Å². The van der Waals surface area contributed by atoms with Gasteiger partial charge in [-0.1, -0.05) is 23.7 Å². The molecule has 0 amide bonds. The first kappa shape index (κ1) is 18.3. The molecule has 0 saturated heterocycles. The van der Waals surface area contributed by atoms with Crippen molar-refractivity contribution in [3.05, 3.63) is 64.4 Å². The third-order valence-corrected chi connectivity index (χ3v) is 4.07. The van der Waals surface area contributed by atoms with Gasteiger partial charge in [0.2, 0.25) is 0 Å². The zero-order valence-electron chi connectivity index (χ0n) is 14.5. The molecule has 24 heavy (non-hydrogen) atoms. The fraction of sp³-hybridized carbons (Fsp3) is 0.368. The van der Waals surface area contributed by atoms with Gasteiger partial charge in [0, 0.05) is 30.5 Å². The normalized spacial score (nSPS) is 12.8. The molecule has 0 radical (unpaired) electrons. The molecule has 0 bridgehead atoms. The van der Waals surface area contributed by atoms with E-state index < -0.39 is 0 Å². The Bertz CT molecular complexity index is 685. The Morgan fingerprint density at radius 2 is 2.17 bits per heavy atom. The standard InChI is InChI=1S/C19H25ClN4/c1-4-22-19(23-11-9-16-8-10-21-13-14(16)2)24-15(3)17-6-5-7-18(20)12-17/h5-8,10,12-13,15H,4,9,11H2,1-3H3,(H2,22,23,24). The van der Waals surface area contributed by atoms with Crippen LogP contribution in [-0.4, -0.2) is 24.0 Å². The minimum Gasteiger partial charge on any atom is -0.357 e. The van der Waals surface area contributed by atoms with Crippen molar-refractivity contribution in [1.29, 1.82) is 0 Å². The van der Waals surface area contributed by atoms with Crippen LogP contribution in [0.25, 0.3) is 0 Å². The van der Waals surface area contributed by atoms with Crippen molar-refractivity contribution in [1.82, 2.24) is 15.6 Å². The van der Waals surface area contributed by atoms with Crippen LogP contribution in [0.4, 0.5) is 0 Å². The minimum atomic E-state index is 0.129. The Balaban J connectivity index is 1.99. The van der Waals surface area contributed by atoms with Crippen LogP contribution in [0.15, 0.2) is 47.7 Å². The number of pyridine rings is 1. The van der Waals surface area contributed by atoms with Crippen molar-refractivity contribution in [3.63, 3.8) is 0 Å². The number of benzene rings is 1. The van der Waals surface area contributed by atoms with Gasteiger partial charge in [-0.15, -0.1) is 0 Å². The molecule has 0 aliphatic carbocycles. The van der Waals surface area contributed by atoms with E-state index in [0.717, 1.165) is 36.1 Å². The third kappa shape index (κ3) is 5.53. The number of aliphatic imine (C=N–C) groups is 1. The molecule has 5 heteroatoms. The van der Waals surface area contributed by atoms with Crippen LogP contribution < -0.4 is 10.6 Å². The zero-order chi connectivity index (χ0) is 17.4. The molecule has 0 fully saturated rings. The van der Waals surface area contributed by atoms with Gasteiger partial charge in [-0.2, -0.15) is 0 Å². The quantitative estimate of drug-likeness (QED) is 0.617. The van der Waals surface area contributed by atoms with Gasteiger partial charge in [-0.25, -0.2) is 0 Å². The van der Waals surface area contributed by atoms with Gasteiger partial charge < -0.3 is 10.6 Å². The Morgan fingerprint density at radius 1 is 1.33 bits per heavy atom. The van der Waals surface area contributed by atoms with Gasteiger partial charge >= 0.3 is 0 Å². The van der Waals surface area contributed by atoms with Crippen LogP contribution in [0.3, 0.4) is 0 Å². The maximum absolute atomic E-state index is 6.07. The van der Waals surface area contributed by atoms with E-state index in [1.54, 1.807) is 0 Å². The first-order chi connectivity index (χ1) is 11.6. The molecule has 1 aromatic carbocycles. The van der Waals surface area contributed by atoms with Gasteiger partial charge in [-0.05, 0) is 62.1 Å². The van der Waals surface area contributed by atoms with E-state index in [2.05, 4.69) is 53.5 Å². The fourth-order valence-corrected chi connectivity index (χ4v) is 2.65. The number of nitrogens with zero attached hydrogens (tertiary/aromatic N) is 2. The Morgan fingerprint density at radius 3 is 2.88 bits per heavy atom. The topological polar surface area (TPSA) is 49.3 Å². The summed E-state index contributed by atoms with van der Waals surface area (Å²) < 4.78 is 0. The largest absolute Gasteiger partial charge is 0.357 e. The molecule has 128 valence electrons. The van der Waals surface area contributed by atoms with Crippen molar-refractivity contribution in [2.24, 2.45) is 4.99 Å². The second kappa shape index (κ2) is 9.28. The molecule has 0 saturated carbocycles. The molecule has 2 rings (SSSR count). The van der Waals surface area contributed by atoms with Crippen molar-refractivity contribution >= 4 is 17.6 Å². The summed E-state index contributed by atoms with van der Waals surface area (Å²) in [6, 6.07) is 10.1. The molecule has 1 atom stereocenters. The lowest BCUT2D eigenvalue weighted by molar-refractivity contribution is 0.686. The lowest BCUT2D eigenvalue weighted by Gasteiger charge is -2.18. The molecule has 1 heterocycles. The van der Waals surface area contributed by atoms with E-state index >= 15 is 0 Å². The molecule has 2 aromatic rings. The van der Waals surface area contributed by atoms with E-state index in [0.29, 0.717) is 0 Å². The number of halogens is 1. The lowest BCUT2D eigenvalue weighted by atomic mass is 10.1. The van der Waals surface area contributed by atoms with Crippen molar-refractivity contribution in [3.8, 4) is 0 Å². The highest BCUT2D eigenvalue weighted by Crippen LogP contribution is 2.17. The summed E-state index contributed by atoms with van der Waals surface area (Å²) in [6.07, 6.45) is 4.62. The molecule has 0 aliphatic rings. The molecule has 1 aromatic heterocycles. The Kier molecular flexibility index (Phi) is 7.07. The number of aryl methyl sites for hydroxylation is 1. The van der Waals surface area contributed by atoms with E-state index in [4.69, 9.17) is 11.6 Å². The number of hydrogen-bond acceptors (Lipinski definition) is 2. The maximum atomic E-state index is 6.07. The second-order valence-corrected chi connectivity index (χ2v) is 6.17. The summed E-state index contributed by atoms with van der Waals surface area (Å²) in [6.45, 7) is 7.79.